The highest BCUT2D eigenvalue weighted by atomic mass is 28.4. The highest BCUT2D eigenvalue weighted by Gasteiger charge is 2.57. The summed E-state index contributed by atoms with van der Waals surface area (Å²) in [4.78, 5) is 0. The van der Waals surface area contributed by atoms with Crippen molar-refractivity contribution in [2.75, 3.05) is 13.2 Å². The first-order valence-electron chi connectivity index (χ1n) is 18.7. The van der Waals surface area contributed by atoms with Gasteiger partial charge >= 0.3 is 0 Å². The van der Waals surface area contributed by atoms with Crippen LogP contribution >= 0.6 is 0 Å². The number of hydrogen-bond donors (Lipinski definition) is 1. The van der Waals surface area contributed by atoms with Crippen LogP contribution in [0.25, 0.3) is 0 Å². The molecule has 2 saturated carbocycles. The normalized spacial score (nSPS) is 32.2. The molecule has 0 bridgehead atoms. The van der Waals surface area contributed by atoms with Gasteiger partial charge in [0.05, 0.1) is 6.10 Å². The molecule has 44 heavy (non-hydrogen) atoms. The van der Waals surface area contributed by atoms with E-state index in [1.54, 1.807) is 5.56 Å². The Kier molecular flexibility index (Phi) is 11.7. The van der Waals surface area contributed by atoms with E-state index >= 15 is 0 Å². The maximum atomic E-state index is 11.6. The van der Waals surface area contributed by atoms with Crippen molar-refractivity contribution in [2.24, 2.45) is 23.2 Å². The molecule has 3 aliphatic carbocycles. The zero-order valence-corrected chi connectivity index (χ0v) is 30.3. The minimum absolute atomic E-state index is 0.0657. The fraction of sp³-hybridized carbons (Fsp3) is 0.846. The number of fused-ring (bicyclic) bond motifs is 5. The fourth-order valence-corrected chi connectivity index (χ4v) is 10.1. The Morgan fingerprint density at radius 2 is 1.68 bits per heavy atom. The number of rotatable bonds is 14. The lowest BCUT2D eigenvalue weighted by molar-refractivity contribution is -0.162. The van der Waals surface area contributed by atoms with E-state index in [0.29, 0.717) is 17.8 Å². The predicted molar refractivity (Wildman–Crippen MR) is 185 cm³/mol. The van der Waals surface area contributed by atoms with Gasteiger partial charge < -0.3 is 19.0 Å². The summed E-state index contributed by atoms with van der Waals surface area (Å²) in [6.07, 6.45) is 21.2. The van der Waals surface area contributed by atoms with Crippen molar-refractivity contribution in [2.45, 2.75) is 173 Å². The number of unbranched alkanes of at least 4 members (excludes halogenated alkanes) is 7. The van der Waals surface area contributed by atoms with E-state index < -0.39 is 8.32 Å². The molecule has 4 nitrogen and oxygen atoms in total. The summed E-state index contributed by atoms with van der Waals surface area (Å²) in [5.41, 5.74) is 3.24. The molecule has 5 heteroatoms. The first-order valence-corrected chi connectivity index (χ1v) is 21.6. The van der Waals surface area contributed by atoms with Gasteiger partial charge in [-0.3, -0.25) is 0 Å². The first-order chi connectivity index (χ1) is 21.0. The van der Waals surface area contributed by atoms with Crippen LogP contribution in [-0.2, 0) is 15.9 Å². The van der Waals surface area contributed by atoms with Gasteiger partial charge in [-0.25, -0.2) is 0 Å². The zero-order valence-electron chi connectivity index (χ0n) is 29.3. The quantitative estimate of drug-likeness (QED) is 0.165. The van der Waals surface area contributed by atoms with Crippen molar-refractivity contribution >= 4 is 8.32 Å². The number of ether oxygens (including phenoxy) is 2. The van der Waals surface area contributed by atoms with Crippen LogP contribution in [0.5, 0.6) is 5.75 Å². The Labute approximate surface area is 271 Å². The highest BCUT2D eigenvalue weighted by Crippen LogP contribution is 2.63. The molecule has 1 heterocycles. The number of benzene rings is 1. The highest BCUT2D eigenvalue weighted by molar-refractivity contribution is 6.74. The van der Waals surface area contributed by atoms with Gasteiger partial charge in [-0.05, 0) is 135 Å². The SMILES string of the molecule is CC(C)(C)[Si](C)(C)Oc1ccc2c(c1)CC[C@@H]1[C@@H]2CC[C@]2(C)[C@@H](O)C(CCCCCCCCCCOC3CCCCO3)C[C@@H]12. The van der Waals surface area contributed by atoms with E-state index in [2.05, 4.69) is 59.0 Å². The number of aliphatic hydroxyl groups excluding tert-OH is 1. The van der Waals surface area contributed by atoms with Gasteiger partial charge in [0, 0.05) is 13.2 Å². The van der Waals surface area contributed by atoms with Gasteiger partial charge in [-0.2, -0.15) is 0 Å². The van der Waals surface area contributed by atoms with E-state index in [9.17, 15) is 5.11 Å². The summed E-state index contributed by atoms with van der Waals surface area (Å²) in [5.74, 6) is 3.65. The van der Waals surface area contributed by atoms with E-state index in [0.717, 1.165) is 31.3 Å². The predicted octanol–water partition coefficient (Wildman–Crippen LogP) is 10.6. The molecule has 1 N–H and O–H groups in total. The number of hydrogen-bond acceptors (Lipinski definition) is 4. The molecule has 1 aliphatic heterocycles. The molecule has 3 fully saturated rings. The second kappa shape index (κ2) is 14.9. The second-order valence-corrected chi connectivity index (χ2v) is 21.6. The first kappa shape index (κ1) is 34.5. The monoisotopic (exact) mass is 626 g/mol. The second-order valence-electron chi connectivity index (χ2n) is 16.9. The maximum absolute atomic E-state index is 11.6. The smallest absolute Gasteiger partial charge is 0.250 e. The topological polar surface area (TPSA) is 47.9 Å². The van der Waals surface area contributed by atoms with E-state index in [-0.39, 0.29) is 22.8 Å². The number of aryl methyl sites for hydroxylation is 1. The van der Waals surface area contributed by atoms with Gasteiger partial charge in [0.1, 0.15) is 5.75 Å². The Hall–Kier alpha value is -0.883. The van der Waals surface area contributed by atoms with Gasteiger partial charge in [0.25, 0.3) is 0 Å². The van der Waals surface area contributed by atoms with E-state index in [1.807, 2.05) is 0 Å². The summed E-state index contributed by atoms with van der Waals surface area (Å²) < 4.78 is 18.2. The van der Waals surface area contributed by atoms with Gasteiger partial charge in [-0.1, -0.05) is 78.7 Å². The summed E-state index contributed by atoms with van der Waals surface area (Å²) in [7, 11) is -1.84. The molecule has 0 radical (unpaired) electrons. The van der Waals surface area contributed by atoms with E-state index in [4.69, 9.17) is 13.9 Å². The van der Waals surface area contributed by atoms with Crippen LogP contribution in [-0.4, -0.2) is 39.0 Å². The van der Waals surface area contributed by atoms with Gasteiger partial charge in [0.15, 0.2) is 6.29 Å². The molecule has 1 saturated heterocycles. The van der Waals surface area contributed by atoms with Crippen molar-refractivity contribution in [3.63, 3.8) is 0 Å². The molecule has 0 spiro atoms. The Morgan fingerprint density at radius 3 is 2.39 bits per heavy atom. The van der Waals surface area contributed by atoms with Gasteiger partial charge in [-0.15, -0.1) is 0 Å². The molecule has 5 rings (SSSR count). The lowest BCUT2D eigenvalue weighted by atomic mass is 9.55. The lowest BCUT2D eigenvalue weighted by Crippen LogP contribution is -2.44. The van der Waals surface area contributed by atoms with Crippen LogP contribution in [0.2, 0.25) is 18.1 Å². The lowest BCUT2D eigenvalue weighted by Gasteiger charge is -2.50. The Morgan fingerprint density at radius 1 is 0.955 bits per heavy atom. The van der Waals surface area contributed by atoms with Crippen LogP contribution < -0.4 is 4.43 Å². The van der Waals surface area contributed by atoms with Crippen molar-refractivity contribution in [3.8, 4) is 5.75 Å². The molecule has 2 unspecified atom stereocenters. The van der Waals surface area contributed by atoms with Crippen LogP contribution in [0.1, 0.15) is 147 Å². The molecular formula is C39H66O4Si. The molecule has 4 aliphatic rings. The minimum atomic E-state index is -1.84. The molecule has 7 atom stereocenters. The van der Waals surface area contributed by atoms with Crippen LogP contribution in [0, 0.1) is 23.2 Å². The van der Waals surface area contributed by atoms with Crippen molar-refractivity contribution in [1.82, 2.24) is 0 Å². The molecule has 1 aromatic rings. The zero-order chi connectivity index (χ0) is 31.4. The van der Waals surface area contributed by atoms with E-state index in [1.165, 1.54) is 108 Å². The summed E-state index contributed by atoms with van der Waals surface area (Å²) >= 11 is 0. The molecule has 0 amide bonds. The summed E-state index contributed by atoms with van der Waals surface area (Å²) in [5, 5.41) is 11.8. The summed E-state index contributed by atoms with van der Waals surface area (Å²) in [6, 6.07) is 7.07. The van der Waals surface area contributed by atoms with Crippen LogP contribution in [0.15, 0.2) is 18.2 Å². The van der Waals surface area contributed by atoms with Gasteiger partial charge in [0.2, 0.25) is 8.32 Å². The third-order valence-electron chi connectivity index (χ3n) is 12.9. The van der Waals surface area contributed by atoms with Crippen LogP contribution in [0.4, 0.5) is 0 Å². The Balaban J connectivity index is 1.02. The molecular weight excluding hydrogens is 561 g/mol. The van der Waals surface area contributed by atoms with Crippen molar-refractivity contribution in [1.29, 1.82) is 0 Å². The Bertz CT molecular complexity index is 1040. The largest absolute Gasteiger partial charge is 0.543 e. The number of aliphatic hydroxyl groups is 1. The fourth-order valence-electron chi connectivity index (χ4n) is 9.12. The van der Waals surface area contributed by atoms with Crippen molar-refractivity contribution in [3.05, 3.63) is 29.3 Å². The average molecular weight is 627 g/mol. The van der Waals surface area contributed by atoms with Crippen molar-refractivity contribution < 1.29 is 19.0 Å². The molecule has 1 aromatic carbocycles. The third kappa shape index (κ3) is 7.97. The standard InChI is InChI=1S/C39H66O4Si/c1-38(2,3)44(5,6)43-31-20-22-32-29(27-31)19-21-34-33(32)23-24-39(4)35(34)28-30(37(39)40)17-13-11-9-7-8-10-12-15-25-41-36-18-14-16-26-42-36/h20,22,27,30,33-37,40H,7-19,21,23-26,28H2,1-6H3/t30?,33-,34-,35+,36?,37+,39+/m1/s1. The third-order valence-corrected chi connectivity index (χ3v) is 17.3. The summed E-state index contributed by atoms with van der Waals surface area (Å²) in [6.45, 7) is 15.8. The molecule has 0 aromatic heterocycles. The maximum Gasteiger partial charge on any atom is 0.250 e. The molecule has 250 valence electrons. The minimum Gasteiger partial charge on any atom is -0.543 e. The average Bonchev–Trinajstić information content (AvgIpc) is 3.25. The van der Waals surface area contributed by atoms with Crippen LogP contribution in [0.3, 0.4) is 0 Å².